The fourth-order valence-electron chi connectivity index (χ4n) is 5.56. The van der Waals surface area contributed by atoms with E-state index in [-0.39, 0.29) is 17.1 Å². The van der Waals surface area contributed by atoms with E-state index in [0.717, 1.165) is 28.3 Å². The maximum absolute atomic E-state index is 14.9. The molecule has 2 aromatic carbocycles. The van der Waals surface area contributed by atoms with Crippen LogP contribution in [-0.2, 0) is 16.1 Å². The molecule has 0 spiro atoms. The Kier molecular flexibility index (Phi) is 8.41. The number of imidazole rings is 1. The Morgan fingerprint density at radius 1 is 1.05 bits per heavy atom. The minimum absolute atomic E-state index is 0.218. The van der Waals surface area contributed by atoms with Crippen LogP contribution in [0.4, 0.5) is 14.7 Å². The summed E-state index contributed by atoms with van der Waals surface area (Å²) in [6.07, 6.45) is 5.03. The Balaban J connectivity index is 1.40. The topological polar surface area (TPSA) is 89.3 Å². The summed E-state index contributed by atoms with van der Waals surface area (Å²) in [5, 5.41) is 2.98. The maximum Gasteiger partial charge on any atom is 0.356 e. The molecule has 0 saturated carbocycles. The number of nitrogens with one attached hydrogen (secondary N) is 1. The summed E-state index contributed by atoms with van der Waals surface area (Å²) >= 11 is 0. The number of aromatic nitrogens is 3. The zero-order valence-corrected chi connectivity index (χ0v) is 24.9. The fourth-order valence-corrected chi connectivity index (χ4v) is 5.56. The normalized spacial score (nSPS) is 17.2. The zero-order chi connectivity index (χ0) is 30.9. The van der Waals surface area contributed by atoms with E-state index >= 15 is 0 Å². The molecule has 8 nitrogen and oxygen atoms in total. The number of rotatable bonds is 7. The van der Waals surface area contributed by atoms with Gasteiger partial charge in [0, 0.05) is 54.8 Å². The van der Waals surface area contributed by atoms with Crippen molar-refractivity contribution in [2.45, 2.75) is 45.7 Å². The molecule has 5 rings (SSSR count). The number of aryl methyl sites for hydroxylation is 1. The average molecular weight is 588 g/mol. The monoisotopic (exact) mass is 587 g/mol. The number of amides is 1. The Labute approximate surface area is 249 Å². The number of anilines is 1. The van der Waals surface area contributed by atoms with Crippen LogP contribution >= 0.6 is 0 Å². The van der Waals surface area contributed by atoms with Gasteiger partial charge in [-0.05, 0) is 56.5 Å². The number of hydrogen-bond donors (Lipinski definition) is 1. The standard InChI is InChI=1S/C33H35F2N5O3/c1-20-6-7-22(25(14-20)21-8-11-29(37-16-21)31(42)43-5)17-39-13-12-36-32(39)38-30(41)27-19-40(33(2,3)4)18-26(27)24-10-9-23(34)15-28(24)35/h6-16,26-27H,17-19H2,1-5H3,(H,36,38,41)/t26-,27+/m0/s1. The first-order chi connectivity index (χ1) is 20.4. The van der Waals surface area contributed by atoms with Gasteiger partial charge in [-0.15, -0.1) is 0 Å². The van der Waals surface area contributed by atoms with Gasteiger partial charge in [-0.1, -0.05) is 35.9 Å². The molecule has 1 aliphatic rings. The summed E-state index contributed by atoms with van der Waals surface area (Å²) in [7, 11) is 1.31. The van der Waals surface area contributed by atoms with Crippen LogP contribution in [0.5, 0.6) is 0 Å². The van der Waals surface area contributed by atoms with Gasteiger partial charge in [-0.2, -0.15) is 0 Å². The van der Waals surface area contributed by atoms with Crippen molar-refractivity contribution in [1.29, 1.82) is 0 Å². The molecule has 3 heterocycles. The predicted octanol–water partition coefficient (Wildman–Crippen LogP) is 5.82. The Morgan fingerprint density at radius 2 is 1.84 bits per heavy atom. The van der Waals surface area contributed by atoms with Gasteiger partial charge in [0.1, 0.15) is 17.3 Å². The van der Waals surface area contributed by atoms with Crippen LogP contribution in [0.15, 0.2) is 67.1 Å². The Morgan fingerprint density at radius 3 is 2.51 bits per heavy atom. The molecular weight excluding hydrogens is 552 g/mol. The number of methoxy groups -OCH3 is 1. The van der Waals surface area contributed by atoms with Crippen molar-refractivity contribution >= 4 is 17.8 Å². The smallest absolute Gasteiger partial charge is 0.356 e. The molecule has 1 fully saturated rings. The number of ether oxygens (including phenoxy) is 1. The lowest BCUT2D eigenvalue weighted by molar-refractivity contribution is -0.120. The predicted molar refractivity (Wildman–Crippen MR) is 160 cm³/mol. The van der Waals surface area contributed by atoms with Gasteiger partial charge in [0.25, 0.3) is 0 Å². The number of pyridine rings is 1. The highest BCUT2D eigenvalue weighted by molar-refractivity contribution is 5.92. The van der Waals surface area contributed by atoms with Crippen molar-refractivity contribution in [3.05, 3.63) is 101 Å². The number of esters is 1. The molecule has 4 aromatic rings. The first-order valence-corrected chi connectivity index (χ1v) is 14.1. The van der Waals surface area contributed by atoms with Crippen molar-refractivity contribution in [2.75, 3.05) is 25.5 Å². The maximum atomic E-state index is 14.9. The van der Waals surface area contributed by atoms with Crippen molar-refractivity contribution in [3.8, 4) is 11.1 Å². The van der Waals surface area contributed by atoms with Crippen LogP contribution in [0.1, 0.15) is 53.9 Å². The molecule has 1 N–H and O–H groups in total. The van der Waals surface area contributed by atoms with E-state index in [0.29, 0.717) is 31.1 Å². The summed E-state index contributed by atoms with van der Waals surface area (Å²) in [6, 6.07) is 13.0. The molecule has 43 heavy (non-hydrogen) atoms. The van der Waals surface area contributed by atoms with Crippen LogP contribution < -0.4 is 5.32 Å². The number of carbonyl (C=O) groups excluding carboxylic acids is 2. The molecule has 1 amide bonds. The lowest BCUT2D eigenvalue weighted by Crippen LogP contribution is -2.40. The molecule has 0 unspecified atom stereocenters. The van der Waals surface area contributed by atoms with Gasteiger partial charge in [-0.3, -0.25) is 15.0 Å². The summed E-state index contributed by atoms with van der Waals surface area (Å²) in [5.74, 6) is -2.75. The number of halogens is 2. The number of hydrogen-bond acceptors (Lipinski definition) is 6. The number of nitrogens with zero attached hydrogens (tertiary/aromatic N) is 4. The number of likely N-dealkylation sites (tertiary alicyclic amines) is 1. The molecule has 0 radical (unpaired) electrons. The first kappa shape index (κ1) is 30.0. The molecule has 1 aliphatic heterocycles. The fraction of sp³-hybridized carbons (Fsp3) is 0.333. The third-order valence-electron chi connectivity index (χ3n) is 7.99. The molecule has 10 heteroatoms. The highest BCUT2D eigenvalue weighted by Gasteiger charge is 2.43. The lowest BCUT2D eigenvalue weighted by Gasteiger charge is -2.31. The van der Waals surface area contributed by atoms with E-state index in [1.165, 1.54) is 19.2 Å². The number of benzene rings is 2. The van der Waals surface area contributed by atoms with E-state index < -0.39 is 29.4 Å². The van der Waals surface area contributed by atoms with Crippen LogP contribution in [0.2, 0.25) is 0 Å². The highest BCUT2D eigenvalue weighted by atomic mass is 19.1. The summed E-state index contributed by atoms with van der Waals surface area (Å²) in [6.45, 7) is 9.44. The third-order valence-corrected chi connectivity index (χ3v) is 7.99. The van der Waals surface area contributed by atoms with E-state index in [1.54, 1.807) is 24.7 Å². The zero-order valence-electron chi connectivity index (χ0n) is 24.9. The Bertz CT molecular complexity index is 1650. The van der Waals surface area contributed by atoms with Crippen LogP contribution in [0, 0.1) is 24.5 Å². The van der Waals surface area contributed by atoms with Crippen molar-refractivity contribution < 1.29 is 23.1 Å². The average Bonchev–Trinajstić information content (AvgIpc) is 3.61. The number of carbonyl (C=O) groups is 2. The molecular formula is C33H35F2N5O3. The molecule has 2 aromatic heterocycles. The van der Waals surface area contributed by atoms with Crippen molar-refractivity contribution in [2.24, 2.45) is 5.92 Å². The van der Waals surface area contributed by atoms with E-state index in [9.17, 15) is 18.4 Å². The molecule has 224 valence electrons. The van der Waals surface area contributed by atoms with Crippen LogP contribution in [0.25, 0.3) is 11.1 Å². The van der Waals surface area contributed by atoms with E-state index in [1.807, 2.05) is 35.8 Å². The van der Waals surface area contributed by atoms with Gasteiger partial charge in [0.05, 0.1) is 19.6 Å². The second kappa shape index (κ2) is 12.0. The summed E-state index contributed by atoms with van der Waals surface area (Å²) in [4.78, 5) is 36.4. The van der Waals surface area contributed by atoms with Gasteiger partial charge in [0.2, 0.25) is 11.9 Å². The largest absolute Gasteiger partial charge is 0.464 e. The first-order valence-electron chi connectivity index (χ1n) is 14.1. The summed E-state index contributed by atoms with van der Waals surface area (Å²) in [5.41, 5.74) is 4.07. The van der Waals surface area contributed by atoms with Gasteiger partial charge in [0.15, 0.2) is 0 Å². The van der Waals surface area contributed by atoms with Gasteiger partial charge >= 0.3 is 5.97 Å². The highest BCUT2D eigenvalue weighted by Crippen LogP contribution is 2.38. The second-order valence-corrected chi connectivity index (χ2v) is 11.9. The van der Waals surface area contributed by atoms with Crippen LogP contribution in [-0.4, -0.2) is 57.0 Å². The molecule has 0 bridgehead atoms. The van der Waals surface area contributed by atoms with Gasteiger partial charge < -0.3 is 9.30 Å². The SMILES string of the molecule is COC(=O)c1ccc(-c2cc(C)ccc2Cn2ccnc2NC(=O)[C@@H]2CN(C(C)(C)C)C[C@H]2c2ccc(F)cc2F)cn1. The van der Waals surface area contributed by atoms with Crippen molar-refractivity contribution in [1.82, 2.24) is 19.4 Å². The minimum atomic E-state index is -0.652. The van der Waals surface area contributed by atoms with E-state index in [2.05, 4.69) is 41.0 Å². The Hall–Kier alpha value is -4.44. The molecule has 1 saturated heterocycles. The van der Waals surface area contributed by atoms with E-state index in [4.69, 9.17) is 4.74 Å². The molecule has 2 atom stereocenters. The second-order valence-electron chi connectivity index (χ2n) is 11.9. The van der Waals surface area contributed by atoms with Crippen LogP contribution in [0.3, 0.4) is 0 Å². The third kappa shape index (κ3) is 6.49. The van der Waals surface area contributed by atoms with Gasteiger partial charge in [-0.25, -0.2) is 23.5 Å². The molecule has 0 aliphatic carbocycles. The quantitative estimate of drug-likeness (QED) is 0.274. The lowest BCUT2D eigenvalue weighted by atomic mass is 9.88. The minimum Gasteiger partial charge on any atom is -0.464 e. The summed E-state index contributed by atoms with van der Waals surface area (Å²) < 4.78 is 35.2. The van der Waals surface area contributed by atoms with Crippen molar-refractivity contribution in [3.63, 3.8) is 0 Å².